The van der Waals surface area contributed by atoms with Gasteiger partial charge in [0.05, 0.1) is 16.3 Å². The number of aromatic nitrogens is 3. The Morgan fingerprint density at radius 2 is 1.82 bits per heavy atom. The SMILES string of the molecule is CC(C)(C)OC(=O)NC1CCC(Nc2cc(-c3ncccc3Nc3ccc([N+](=O)[O-])c(F)c3)ncn2)CC1. The van der Waals surface area contributed by atoms with Gasteiger partial charge in [-0.25, -0.2) is 14.8 Å². The van der Waals surface area contributed by atoms with Gasteiger partial charge in [-0.1, -0.05) is 0 Å². The lowest BCUT2D eigenvalue weighted by Crippen LogP contribution is -2.42. The largest absolute Gasteiger partial charge is 0.444 e. The molecular weight excluding hydrogens is 493 g/mol. The van der Waals surface area contributed by atoms with Crippen LogP contribution in [-0.4, -0.2) is 43.7 Å². The number of alkyl carbamates (subject to hydrolysis) is 1. The van der Waals surface area contributed by atoms with E-state index in [0.717, 1.165) is 37.8 Å². The van der Waals surface area contributed by atoms with Crippen LogP contribution in [0.25, 0.3) is 11.4 Å². The van der Waals surface area contributed by atoms with Crippen LogP contribution in [0.5, 0.6) is 0 Å². The summed E-state index contributed by atoms with van der Waals surface area (Å²) in [6.45, 7) is 5.51. The number of amides is 1. The highest BCUT2D eigenvalue weighted by Crippen LogP contribution is 2.30. The van der Waals surface area contributed by atoms with Crippen LogP contribution in [0.15, 0.2) is 48.9 Å². The zero-order valence-corrected chi connectivity index (χ0v) is 21.4. The molecule has 1 saturated carbocycles. The number of anilines is 3. The molecule has 0 aliphatic heterocycles. The second kappa shape index (κ2) is 11.4. The molecule has 1 aromatic carbocycles. The van der Waals surface area contributed by atoms with E-state index >= 15 is 0 Å². The van der Waals surface area contributed by atoms with Gasteiger partial charge in [-0.2, -0.15) is 4.39 Å². The quantitative estimate of drug-likeness (QED) is 0.267. The van der Waals surface area contributed by atoms with Crippen molar-refractivity contribution in [3.8, 4) is 11.4 Å². The van der Waals surface area contributed by atoms with Crippen molar-refractivity contribution in [1.29, 1.82) is 0 Å². The van der Waals surface area contributed by atoms with Gasteiger partial charge in [0.25, 0.3) is 0 Å². The Balaban J connectivity index is 1.40. The van der Waals surface area contributed by atoms with E-state index in [1.165, 1.54) is 12.4 Å². The Labute approximate surface area is 219 Å². The molecule has 0 bridgehead atoms. The second-order valence-electron chi connectivity index (χ2n) is 10.1. The van der Waals surface area contributed by atoms with E-state index in [2.05, 4.69) is 30.9 Å². The van der Waals surface area contributed by atoms with Crippen molar-refractivity contribution in [2.24, 2.45) is 0 Å². The van der Waals surface area contributed by atoms with E-state index in [1.54, 1.807) is 24.4 Å². The van der Waals surface area contributed by atoms with Crippen molar-refractivity contribution in [3.05, 3.63) is 64.9 Å². The highest BCUT2D eigenvalue weighted by molar-refractivity contribution is 5.77. The minimum Gasteiger partial charge on any atom is -0.444 e. The van der Waals surface area contributed by atoms with Gasteiger partial charge in [0.15, 0.2) is 0 Å². The van der Waals surface area contributed by atoms with Crippen LogP contribution in [0.1, 0.15) is 46.5 Å². The zero-order chi connectivity index (χ0) is 27.3. The first-order valence-corrected chi connectivity index (χ1v) is 12.3. The lowest BCUT2D eigenvalue weighted by molar-refractivity contribution is -0.387. The Hall–Kier alpha value is -4.35. The molecule has 3 N–H and O–H groups in total. The highest BCUT2D eigenvalue weighted by atomic mass is 19.1. The number of nitro groups is 1. The number of hydrogen-bond donors (Lipinski definition) is 3. The molecule has 0 unspecified atom stereocenters. The number of benzene rings is 1. The van der Waals surface area contributed by atoms with Gasteiger partial charge >= 0.3 is 11.8 Å². The third kappa shape index (κ3) is 7.11. The third-order valence-electron chi connectivity index (χ3n) is 5.94. The van der Waals surface area contributed by atoms with Crippen molar-refractivity contribution >= 4 is 29.0 Å². The molecule has 0 saturated heterocycles. The fourth-order valence-electron chi connectivity index (χ4n) is 4.23. The molecule has 3 aromatic rings. The van der Waals surface area contributed by atoms with Crippen LogP contribution >= 0.6 is 0 Å². The number of rotatable bonds is 7. The molecule has 2 aromatic heterocycles. The van der Waals surface area contributed by atoms with E-state index in [9.17, 15) is 19.3 Å². The molecule has 1 amide bonds. The van der Waals surface area contributed by atoms with Crippen LogP contribution < -0.4 is 16.0 Å². The van der Waals surface area contributed by atoms with E-state index in [4.69, 9.17) is 4.74 Å². The fraction of sp³-hybridized carbons (Fsp3) is 0.385. The molecule has 0 spiro atoms. The normalized spacial score (nSPS) is 17.4. The van der Waals surface area contributed by atoms with Crippen molar-refractivity contribution in [2.75, 3.05) is 10.6 Å². The van der Waals surface area contributed by atoms with Gasteiger partial charge in [0.2, 0.25) is 5.82 Å². The summed E-state index contributed by atoms with van der Waals surface area (Å²) in [6, 6.07) is 9.12. The van der Waals surface area contributed by atoms with Crippen LogP contribution in [0.3, 0.4) is 0 Å². The van der Waals surface area contributed by atoms with Gasteiger partial charge in [-0.05, 0) is 64.7 Å². The fourth-order valence-corrected chi connectivity index (χ4v) is 4.23. The Bertz CT molecular complexity index is 1310. The predicted molar refractivity (Wildman–Crippen MR) is 141 cm³/mol. The molecule has 0 radical (unpaired) electrons. The molecule has 4 rings (SSSR count). The molecule has 1 fully saturated rings. The first-order valence-electron chi connectivity index (χ1n) is 12.3. The highest BCUT2D eigenvalue weighted by Gasteiger charge is 2.25. The average molecular weight is 524 g/mol. The number of pyridine rings is 1. The predicted octanol–water partition coefficient (Wildman–Crippen LogP) is 5.58. The molecule has 1 aliphatic rings. The summed E-state index contributed by atoms with van der Waals surface area (Å²) in [4.78, 5) is 35.3. The van der Waals surface area contributed by atoms with Crippen molar-refractivity contribution < 1.29 is 18.8 Å². The zero-order valence-electron chi connectivity index (χ0n) is 21.4. The van der Waals surface area contributed by atoms with E-state index in [0.29, 0.717) is 28.6 Å². The Kier molecular flexibility index (Phi) is 7.99. The van der Waals surface area contributed by atoms with Crippen molar-refractivity contribution in [3.63, 3.8) is 0 Å². The minimum absolute atomic E-state index is 0.0651. The number of halogens is 1. The maximum Gasteiger partial charge on any atom is 0.407 e. The summed E-state index contributed by atoms with van der Waals surface area (Å²) in [5.41, 5.74) is 0.832. The molecule has 200 valence electrons. The molecule has 12 heteroatoms. The smallest absolute Gasteiger partial charge is 0.407 e. The van der Waals surface area contributed by atoms with Crippen LogP contribution in [0.2, 0.25) is 0 Å². The maximum absolute atomic E-state index is 14.1. The van der Waals surface area contributed by atoms with Crippen molar-refractivity contribution in [1.82, 2.24) is 20.3 Å². The summed E-state index contributed by atoms with van der Waals surface area (Å²) in [5.74, 6) is -0.300. The summed E-state index contributed by atoms with van der Waals surface area (Å²) in [7, 11) is 0. The molecule has 2 heterocycles. The standard InChI is InChI=1S/C26H30FN7O4/c1-26(2,3)38-25(35)33-17-8-6-16(7-9-17)32-23-14-21(29-15-30-23)24-20(5-4-12-28-24)31-18-10-11-22(34(36)37)19(27)13-18/h4-5,10-17,31H,6-9H2,1-3H3,(H,33,35)(H,29,30,32). The monoisotopic (exact) mass is 523 g/mol. The maximum atomic E-state index is 14.1. The molecular formula is C26H30FN7O4. The van der Waals surface area contributed by atoms with E-state index in [1.807, 2.05) is 20.8 Å². The van der Waals surface area contributed by atoms with Crippen LogP contribution in [0.4, 0.5) is 32.1 Å². The first kappa shape index (κ1) is 26.7. The Morgan fingerprint density at radius 3 is 2.50 bits per heavy atom. The van der Waals surface area contributed by atoms with Crippen LogP contribution in [-0.2, 0) is 4.74 Å². The number of carbonyl (C=O) groups excluding carboxylic acids is 1. The number of nitrogens with one attached hydrogen (secondary N) is 3. The summed E-state index contributed by atoms with van der Waals surface area (Å²) in [5, 5.41) is 20.3. The van der Waals surface area contributed by atoms with Gasteiger partial charge in [0, 0.05) is 42.2 Å². The van der Waals surface area contributed by atoms with E-state index < -0.39 is 28.1 Å². The summed E-state index contributed by atoms with van der Waals surface area (Å²) < 4.78 is 19.4. The molecule has 11 nitrogen and oxygen atoms in total. The molecule has 38 heavy (non-hydrogen) atoms. The molecule has 0 atom stereocenters. The Morgan fingerprint density at radius 1 is 1.08 bits per heavy atom. The van der Waals surface area contributed by atoms with Gasteiger partial charge in [-0.15, -0.1) is 0 Å². The lowest BCUT2D eigenvalue weighted by Gasteiger charge is -2.30. The minimum atomic E-state index is -0.935. The lowest BCUT2D eigenvalue weighted by atomic mass is 9.91. The van der Waals surface area contributed by atoms with Gasteiger partial charge in [-0.3, -0.25) is 15.1 Å². The van der Waals surface area contributed by atoms with Crippen molar-refractivity contribution in [2.45, 2.75) is 64.1 Å². The average Bonchev–Trinajstić information content (AvgIpc) is 2.84. The van der Waals surface area contributed by atoms with Crippen LogP contribution in [0, 0.1) is 15.9 Å². The first-order chi connectivity index (χ1) is 18.1. The van der Waals surface area contributed by atoms with Gasteiger partial charge in [0.1, 0.15) is 23.4 Å². The van der Waals surface area contributed by atoms with Gasteiger partial charge < -0.3 is 20.7 Å². The number of hydrogen-bond acceptors (Lipinski definition) is 9. The number of nitrogens with zero attached hydrogens (tertiary/aromatic N) is 4. The summed E-state index contributed by atoms with van der Waals surface area (Å²) >= 11 is 0. The number of nitro benzene ring substituents is 1. The number of ether oxygens (including phenoxy) is 1. The molecule has 1 aliphatic carbocycles. The summed E-state index contributed by atoms with van der Waals surface area (Å²) in [6.07, 6.45) is 5.99. The second-order valence-corrected chi connectivity index (χ2v) is 10.1. The van der Waals surface area contributed by atoms with E-state index in [-0.39, 0.29) is 12.1 Å². The third-order valence-corrected chi connectivity index (χ3v) is 5.94. The topological polar surface area (TPSA) is 144 Å². The number of carbonyl (C=O) groups is 1.